The highest BCUT2D eigenvalue weighted by Gasteiger charge is 2.62. The van der Waals surface area contributed by atoms with Crippen LogP contribution in [0.15, 0.2) is 203 Å². The minimum Gasteiger partial charge on any atom is -0.464 e. The maximum atomic E-state index is 9.45. The number of likely N-dealkylation sites (N-methyl/N-ethyl adjacent to an activating group) is 3. The van der Waals surface area contributed by atoms with Gasteiger partial charge in [0.25, 0.3) is 0 Å². The fourth-order valence-corrected chi connectivity index (χ4v) is 17.5. The number of hydrogen-bond donors (Lipinski definition) is 3. The standard InChI is InChI=1S/C36H41N3O2.C28H33N3O2.C26H28N4O/c1-7-38(20-21-40)26-18-16-25(17-19-26)29-22-31-33(28-13-9-8-12-27(28)29)41-36(23-37-31)35(5,6)30-14-10-11-15-32(30)39(36)24-34(2,3)4;1-5-31(16-17-32)21-12-10-20(11-13-21)24-18-25-26(23-9-7-6-8-22(23)24)33-28(19-29-25)27(2,3)14-15-30(28)4;1-25(2)20-10-6-7-11-21(20)29(3)26(25)17-28-24-19-9-5-4-8-18(19)22(16-23(24)31-26)30-14-12-27-13-15-30/h8-19,22-23,40H,7,20-21,24H2,1-6H3;6-13,18-19,32H,5,14-17H2,1-4H3;4-11,16-17,27H,12-15H2,1-3H3. The highest BCUT2D eigenvalue weighted by molar-refractivity contribution is 6.08. The van der Waals surface area contributed by atoms with Crippen LogP contribution in [0.1, 0.15) is 93.7 Å². The van der Waals surface area contributed by atoms with Crippen LogP contribution in [0, 0.1) is 10.8 Å². The van der Waals surface area contributed by atoms with Crippen LogP contribution in [0.2, 0.25) is 0 Å². The van der Waals surface area contributed by atoms with E-state index in [0.717, 1.165) is 154 Å². The monoisotopic (exact) mass is 1400 g/mol. The van der Waals surface area contributed by atoms with Crippen LogP contribution in [0.4, 0.5) is 45.5 Å². The Morgan fingerprint density at radius 3 is 1.45 bits per heavy atom. The molecule has 3 atom stereocenters. The Bertz CT molecular complexity index is 5020. The van der Waals surface area contributed by atoms with Gasteiger partial charge in [-0.2, -0.15) is 0 Å². The molecule has 0 amide bonds. The third-order valence-corrected chi connectivity index (χ3v) is 23.6. The van der Waals surface area contributed by atoms with E-state index in [1.807, 2.05) is 12.4 Å². The number of nitrogens with one attached hydrogen (secondary N) is 1. The number of hydrogen-bond acceptors (Lipinski definition) is 15. The lowest BCUT2D eigenvalue weighted by Gasteiger charge is -2.48. The molecule has 10 aromatic carbocycles. The Morgan fingerprint density at radius 2 is 0.943 bits per heavy atom. The molecule has 0 bridgehead atoms. The van der Waals surface area contributed by atoms with Gasteiger partial charge < -0.3 is 54.2 Å². The van der Waals surface area contributed by atoms with Crippen molar-refractivity contribution in [3.8, 4) is 39.5 Å². The number of piperazine rings is 1. The Morgan fingerprint density at radius 1 is 0.486 bits per heavy atom. The van der Waals surface area contributed by atoms with Crippen molar-refractivity contribution in [3.05, 3.63) is 199 Å². The Hall–Kier alpha value is -9.77. The summed E-state index contributed by atoms with van der Waals surface area (Å²) in [5.41, 5.74) is 13.2. The van der Waals surface area contributed by atoms with Crippen LogP contribution in [0.25, 0.3) is 54.6 Å². The summed E-state index contributed by atoms with van der Waals surface area (Å²) in [4.78, 5) is 29.0. The number of aliphatic hydroxyl groups excluding tert-OH is 2. The smallest absolute Gasteiger partial charge is 0.228 e. The summed E-state index contributed by atoms with van der Waals surface area (Å²) in [7, 11) is 4.24. The average Bonchev–Trinajstić information content (AvgIpc) is 1.60. The van der Waals surface area contributed by atoms with Crippen molar-refractivity contribution in [2.45, 2.75) is 111 Å². The molecule has 2 fully saturated rings. The lowest BCUT2D eigenvalue weighted by molar-refractivity contribution is -0.0435. The molecule has 3 spiro atoms. The second-order valence-corrected chi connectivity index (χ2v) is 32.1. The van der Waals surface area contributed by atoms with Gasteiger partial charge >= 0.3 is 0 Å². The number of rotatable bonds is 12. The van der Waals surface area contributed by atoms with Crippen LogP contribution in [0.3, 0.4) is 0 Å². The number of fused-ring (bicyclic) bond motifs is 11. The van der Waals surface area contributed by atoms with Gasteiger partial charge in [0.05, 0.1) is 42.7 Å². The largest absolute Gasteiger partial charge is 0.464 e. The van der Waals surface area contributed by atoms with Crippen LogP contribution in [-0.2, 0) is 10.8 Å². The van der Waals surface area contributed by atoms with Crippen LogP contribution < -0.4 is 44.0 Å². The van der Waals surface area contributed by atoms with Crippen molar-refractivity contribution in [2.75, 3.05) is 117 Å². The van der Waals surface area contributed by atoms with Gasteiger partial charge in [0.15, 0.2) is 17.2 Å². The van der Waals surface area contributed by atoms with E-state index in [1.165, 1.54) is 33.6 Å². The Balaban J connectivity index is 0.000000128. The van der Waals surface area contributed by atoms with Crippen molar-refractivity contribution in [1.82, 2.24) is 10.2 Å². The zero-order valence-corrected chi connectivity index (χ0v) is 63.5. The van der Waals surface area contributed by atoms with Gasteiger partial charge in [0.1, 0.15) is 17.1 Å². The molecule has 0 aliphatic carbocycles. The van der Waals surface area contributed by atoms with E-state index in [1.54, 1.807) is 0 Å². The molecule has 10 aromatic rings. The van der Waals surface area contributed by atoms with Crippen molar-refractivity contribution in [3.63, 3.8) is 0 Å². The highest BCUT2D eigenvalue weighted by atomic mass is 16.5. The summed E-state index contributed by atoms with van der Waals surface area (Å²) >= 11 is 0. The number of anilines is 5. The number of aliphatic imine (C=N–C) groups is 3. The second kappa shape index (κ2) is 27.3. The topological polar surface area (TPSA) is 137 Å². The van der Waals surface area contributed by atoms with Crippen molar-refractivity contribution >= 4 is 96.5 Å². The molecule has 105 heavy (non-hydrogen) atoms. The molecular formula is C90H102N10O5. The van der Waals surface area contributed by atoms with Crippen molar-refractivity contribution in [1.29, 1.82) is 0 Å². The molecule has 542 valence electrons. The van der Waals surface area contributed by atoms with Gasteiger partial charge in [-0.25, -0.2) is 0 Å². The zero-order valence-electron chi connectivity index (χ0n) is 63.5. The van der Waals surface area contributed by atoms with Gasteiger partial charge in [-0.15, -0.1) is 0 Å². The summed E-state index contributed by atoms with van der Waals surface area (Å²) in [6, 6.07) is 66.6. The first-order valence-corrected chi connectivity index (χ1v) is 37.7. The van der Waals surface area contributed by atoms with E-state index in [0.29, 0.717) is 13.1 Å². The molecule has 0 saturated carbocycles. The second-order valence-electron chi connectivity index (χ2n) is 32.1. The fraction of sp³-hybridized carbons (Fsp3) is 0.367. The molecule has 7 aliphatic rings. The van der Waals surface area contributed by atoms with Gasteiger partial charge in [0, 0.05) is 134 Å². The van der Waals surface area contributed by atoms with Crippen LogP contribution in [0.5, 0.6) is 17.2 Å². The molecule has 3 unspecified atom stereocenters. The van der Waals surface area contributed by atoms with E-state index in [-0.39, 0.29) is 34.9 Å². The average molecular weight is 1400 g/mol. The van der Waals surface area contributed by atoms with Gasteiger partial charge in [-0.3, -0.25) is 19.9 Å². The molecule has 17 rings (SSSR count). The molecule has 0 aromatic heterocycles. The first-order chi connectivity index (χ1) is 50.5. The number of likely N-dealkylation sites (tertiary alicyclic amines) is 1. The molecule has 15 heteroatoms. The first-order valence-electron chi connectivity index (χ1n) is 37.7. The maximum Gasteiger partial charge on any atom is 0.228 e. The number of para-hydroxylation sites is 2. The third-order valence-electron chi connectivity index (χ3n) is 23.6. The van der Waals surface area contributed by atoms with Crippen molar-refractivity contribution in [2.24, 2.45) is 25.8 Å². The van der Waals surface area contributed by atoms with E-state index in [4.69, 9.17) is 29.2 Å². The fourth-order valence-electron chi connectivity index (χ4n) is 17.5. The third kappa shape index (κ3) is 11.8. The Kier molecular flexibility index (Phi) is 18.4. The molecule has 0 radical (unpaired) electrons. The molecule has 7 aliphatic heterocycles. The quantitative estimate of drug-likeness (QED) is 0.107. The SMILES string of the molecule is CCN(CCO)c1ccc(-c2cc3c(c4ccccc24)OC2(C=N3)N(C)CCC2(C)C)cc1.CCN(CCO)c1ccc(-c2cc3c(c4ccccc24)OC2(C=N3)N(CC(C)(C)C)c3ccccc3C2(C)C)cc1.CN1c2ccccc2C(C)(C)C12C=Nc1c(cc(N3CCNCC3)c3ccccc13)O2. The zero-order chi connectivity index (χ0) is 73.4. The number of ether oxygens (including phenoxy) is 3. The lowest BCUT2D eigenvalue weighted by Crippen LogP contribution is -2.63. The van der Waals surface area contributed by atoms with Crippen LogP contribution in [-0.4, -0.2) is 144 Å². The minimum absolute atomic E-state index is 0.0295. The minimum atomic E-state index is -0.751. The summed E-state index contributed by atoms with van der Waals surface area (Å²) < 4.78 is 21.1. The molecule has 3 N–H and O–H groups in total. The molecular weight excluding hydrogens is 1300 g/mol. The molecule has 7 heterocycles. The summed E-state index contributed by atoms with van der Waals surface area (Å²) in [6.07, 6.45) is 7.15. The van der Waals surface area contributed by atoms with E-state index >= 15 is 0 Å². The first kappa shape index (κ1) is 70.9. The van der Waals surface area contributed by atoms with Gasteiger partial charge in [0.2, 0.25) is 17.2 Å². The predicted octanol–water partition coefficient (Wildman–Crippen LogP) is 17.9. The van der Waals surface area contributed by atoms with Gasteiger partial charge in [-0.1, -0.05) is 168 Å². The summed E-state index contributed by atoms with van der Waals surface area (Å²) in [5, 5.41) is 29.1. The van der Waals surface area contributed by atoms with Crippen LogP contribution >= 0.6 is 0 Å². The summed E-state index contributed by atoms with van der Waals surface area (Å²) in [5.74, 6) is 2.57. The Labute approximate surface area is 620 Å². The van der Waals surface area contributed by atoms with E-state index < -0.39 is 17.2 Å². The predicted molar refractivity (Wildman–Crippen MR) is 437 cm³/mol. The van der Waals surface area contributed by atoms with Gasteiger partial charge in [-0.05, 0) is 153 Å². The number of benzene rings is 10. The van der Waals surface area contributed by atoms with Crippen molar-refractivity contribution < 1.29 is 24.4 Å². The summed E-state index contributed by atoms with van der Waals surface area (Å²) in [6.45, 7) is 33.7. The molecule has 2 saturated heterocycles. The maximum absolute atomic E-state index is 9.45. The number of nitrogens with zero attached hydrogens (tertiary/aromatic N) is 9. The van der Waals surface area contributed by atoms with E-state index in [2.05, 4.69) is 319 Å². The highest BCUT2D eigenvalue weighted by Crippen LogP contribution is 2.59. The molecule has 15 nitrogen and oxygen atoms in total. The normalized spacial score (nSPS) is 21.1. The van der Waals surface area contributed by atoms with E-state index in [9.17, 15) is 10.2 Å². The number of aliphatic hydroxyl groups is 2. The lowest BCUT2D eigenvalue weighted by atomic mass is 9.77.